The number of hydrogen-bond acceptors (Lipinski definition) is 6. The molecule has 0 saturated carbocycles. The summed E-state index contributed by atoms with van der Waals surface area (Å²) in [6.45, 7) is 15.9. The first kappa shape index (κ1) is 24.3. The largest absolute Gasteiger partial charge is 0.455 e. The van der Waals surface area contributed by atoms with E-state index < -0.39 is 15.3 Å². The van der Waals surface area contributed by atoms with Crippen LogP contribution in [0, 0.1) is 0 Å². The van der Waals surface area contributed by atoms with E-state index in [9.17, 15) is 9.13 Å². The van der Waals surface area contributed by atoms with Crippen molar-refractivity contribution in [3.8, 4) is 0 Å². The molecule has 0 aromatic carbocycles. The molecule has 0 N–H and O–H groups in total. The van der Waals surface area contributed by atoms with Gasteiger partial charge in [-0.2, -0.15) is 4.76 Å². The van der Waals surface area contributed by atoms with E-state index in [1.165, 1.54) is 0 Å². The zero-order chi connectivity index (χ0) is 21.4. The average molecular weight is 485 g/mol. The van der Waals surface area contributed by atoms with E-state index in [-0.39, 0.29) is 0 Å². The smallest absolute Gasteiger partial charge is 0.291 e. The van der Waals surface area contributed by atoms with Gasteiger partial charge in [-0.3, -0.25) is 13.6 Å². The van der Waals surface area contributed by atoms with E-state index in [1.54, 1.807) is 37.4 Å². The Bertz CT molecular complexity index is 670. The highest BCUT2D eigenvalue weighted by molar-refractivity contribution is 8.42. The maximum Gasteiger partial charge on any atom is 0.455 e. The topological polar surface area (TPSA) is 74.0 Å². The molecule has 7 atom stereocenters. The monoisotopic (exact) mass is 484 g/mol. The lowest BCUT2D eigenvalue weighted by Crippen LogP contribution is -2.15. The molecule has 12 heteroatoms. The highest BCUT2D eigenvalue weighted by atomic mass is 32.2. The van der Waals surface area contributed by atoms with Gasteiger partial charge in [-0.25, -0.2) is 18.6 Å². The van der Waals surface area contributed by atoms with E-state index >= 15 is 0 Å². The predicted molar refractivity (Wildman–Crippen MR) is 124 cm³/mol. The Kier molecular flexibility index (Phi) is 8.06. The molecule has 4 saturated heterocycles. The van der Waals surface area contributed by atoms with Crippen LogP contribution in [-0.4, -0.2) is 80.4 Å². The molecule has 4 aliphatic rings. The highest BCUT2D eigenvalue weighted by Crippen LogP contribution is 2.70. The molecule has 4 aliphatic heterocycles. The van der Waals surface area contributed by atoms with Crippen molar-refractivity contribution >= 4 is 43.2 Å². The van der Waals surface area contributed by atoms with Gasteiger partial charge in [-0.1, -0.05) is 30.4 Å². The number of rotatable bonds is 8. The van der Waals surface area contributed by atoms with Crippen molar-refractivity contribution in [3.05, 3.63) is 0 Å². The normalized spacial score (nSPS) is 41.4. The highest BCUT2D eigenvalue weighted by Gasteiger charge is 2.62. The molecule has 8 nitrogen and oxygen atoms in total. The van der Waals surface area contributed by atoms with Gasteiger partial charge in [-0.15, -0.1) is 0 Å². The Morgan fingerprint density at radius 3 is 1.62 bits per heavy atom. The lowest BCUT2D eigenvalue weighted by atomic mass is 10.6. The summed E-state index contributed by atoms with van der Waals surface area (Å²) in [7, 11) is -5.52. The van der Waals surface area contributed by atoms with Crippen molar-refractivity contribution in [1.29, 1.82) is 0 Å². The van der Waals surface area contributed by atoms with Crippen LogP contribution in [0.3, 0.4) is 0 Å². The molecule has 29 heavy (non-hydrogen) atoms. The molecule has 7 unspecified atom stereocenters. The fraction of sp³-hybridized carbons (Fsp3) is 0.941. The van der Waals surface area contributed by atoms with Gasteiger partial charge in [0.05, 0.1) is 13.2 Å². The first-order valence-corrected chi connectivity index (χ1v) is 15.3. The van der Waals surface area contributed by atoms with Gasteiger partial charge in [0, 0.05) is 48.8 Å². The third-order valence-corrected chi connectivity index (χ3v) is 13.3. The van der Waals surface area contributed by atoms with Crippen LogP contribution in [0.2, 0.25) is 0 Å². The zero-order valence-corrected chi connectivity index (χ0v) is 21.6. The van der Waals surface area contributed by atoms with E-state index in [2.05, 4.69) is 46.5 Å². The molecule has 0 bridgehead atoms. The lowest BCUT2D eigenvalue weighted by molar-refractivity contribution is 0.221. The summed E-state index contributed by atoms with van der Waals surface area (Å²) in [5, 5.41) is 0.519. The number of nitrogens with zero attached hydrogens (tertiary/aromatic N) is 4. The standard InChI is InChI=1S/C9H18N3OP.C8H16NO3PS2/c1-7-4-10(7)14(13,11-5-8(11)2)12-6-9(12)3;1-4-11-13(10,12-5-2)9-8-14-6-7(3)15-8/h7-9H,4-6H2,1-3H3;7H,4-6H2,1-3H3. The van der Waals surface area contributed by atoms with Crippen molar-refractivity contribution in [1.82, 2.24) is 14.0 Å². The van der Waals surface area contributed by atoms with Gasteiger partial charge < -0.3 is 0 Å². The van der Waals surface area contributed by atoms with Crippen LogP contribution >= 0.6 is 38.9 Å². The van der Waals surface area contributed by atoms with Gasteiger partial charge in [0.2, 0.25) is 0 Å². The Hall–Kier alpha value is 0.630. The summed E-state index contributed by atoms with van der Waals surface area (Å²) in [5.74, 6) is 1.00. The van der Waals surface area contributed by atoms with Crippen molar-refractivity contribution in [2.24, 2.45) is 4.76 Å². The van der Waals surface area contributed by atoms with Crippen LogP contribution in [-0.2, 0) is 18.2 Å². The van der Waals surface area contributed by atoms with Crippen molar-refractivity contribution in [2.45, 2.75) is 64.9 Å². The molecule has 0 spiro atoms. The Balaban J connectivity index is 0.000000166. The summed E-state index contributed by atoms with van der Waals surface area (Å²) in [6, 6.07) is 1.59. The second kappa shape index (κ2) is 9.63. The molecular weight excluding hydrogens is 450 g/mol. The first-order valence-electron chi connectivity index (χ1n) is 10.3. The molecule has 4 fully saturated rings. The first-order chi connectivity index (χ1) is 13.6. The zero-order valence-electron chi connectivity index (χ0n) is 18.2. The van der Waals surface area contributed by atoms with Gasteiger partial charge in [-0.05, 0) is 34.6 Å². The van der Waals surface area contributed by atoms with Crippen LogP contribution in [0.4, 0.5) is 0 Å². The molecule has 0 aromatic rings. The predicted octanol–water partition coefficient (Wildman–Crippen LogP) is 4.60. The molecule has 4 rings (SSSR count). The van der Waals surface area contributed by atoms with E-state index in [4.69, 9.17) is 9.05 Å². The average Bonchev–Trinajstić information content (AvgIpc) is 3.57. The van der Waals surface area contributed by atoms with Crippen LogP contribution in [0.15, 0.2) is 4.76 Å². The van der Waals surface area contributed by atoms with Gasteiger partial charge in [0.15, 0.2) is 0 Å². The minimum absolute atomic E-state index is 0.346. The maximum atomic E-state index is 12.9. The van der Waals surface area contributed by atoms with Crippen LogP contribution in [0.5, 0.6) is 0 Å². The van der Waals surface area contributed by atoms with Crippen molar-refractivity contribution < 1.29 is 18.2 Å². The number of hydrogen-bond donors (Lipinski definition) is 0. The molecule has 0 amide bonds. The van der Waals surface area contributed by atoms with Crippen molar-refractivity contribution in [3.63, 3.8) is 0 Å². The summed E-state index contributed by atoms with van der Waals surface area (Å²) >= 11 is 3.23. The maximum absolute atomic E-state index is 12.9. The SMILES string of the molecule is CC1CN1P(=O)(N1CC1C)N1CC1C.CCOP(=O)(N=C1SCC(C)S1)OCC. The fourth-order valence-electron chi connectivity index (χ4n) is 3.21. The van der Waals surface area contributed by atoms with E-state index in [0.29, 0.717) is 36.6 Å². The summed E-state index contributed by atoms with van der Waals surface area (Å²) in [5.41, 5.74) is 0. The van der Waals surface area contributed by atoms with Gasteiger partial charge in [0.1, 0.15) is 4.38 Å². The molecule has 4 heterocycles. The second-order valence-electron chi connectivity index (χ2n) is 7.84. The number of thioether (sulfide) groups is 2. The summed E-state index contributed by atoms with van der Waals surface area (Å²) < 4.78 is 46.5. The fourth-order valence-corrected chi connectivity index (χ4v) is 11.2. The quantitative estimate of drug-likeness (QED) is 0.363. The van der Waals surface area contributed by atoms with E-state index in [1.807, 2.05) is 0 Å². The Morgan fingerprint density at radius 1 is 0.931 bits per heavy atom. The van der Waals surface area contributed by atoms with Gasteiger partial charge >= 0.3 is 7.75 Å². The Labute approximate surface area is 183 Å². The van der Waals surface area contributed by atoms with E-state index in [0.717, 1.165) is 29.8 Å². The lowest BCUT2D eigenvalue weighted by Gasteiger charge is -2.22. The molecular formula is C17H34N4O4P2S2. The second-order valence-corrected chi connectivity index (χ2v) is 14.8. The molecule has 168 valence electrons. The van der Waals surface area contributed by atoms with Crippen LogP contribution < -0.4 is 0 Å². The minimum atomic E-state index is -3.25. The van der Waals surface area contributed by atoms with Gasteiger partial charge in [0.25, 0.3) is 7.59 Å². The third kappa shape index (κ3) is 5.91. The minimum Gasteiger partial charge on any atom is -0.291 e. The third-order valence-electron chi connectivity index (χ3n) is 5.02. The summed E-state index contributed by atoms with van der Waals surface area (Å²) in [6.07, 6.45) is 0. The summed E-state index contributed by atoms with van der Waals surface area (Å²) in [4.78, 5) is 0. The Morgan fingerprint density at radius 2 is 1.34 bits per heavy atom. The molecule has 0 aliphatic carbocycles. The molecule has 0 aromatic heterocycles. The van der Waals surface area contributed by atoms with Crippen LogP contribution in [0.1, 0.15) is 41.5 Å². The molecule has 0 radical (unpaired) electrons. The van der Waals surface area contributed by atoms with Crippen LogP contribution in [0.25, 0.3) is 0 Å². The van der Waals surface area contributed by atoms with Crippen molar-refractivity contribution in [2.75, 3.05) is 38.6 Å².